The fourth-order valence-electron chi connectivity index (χ4n) is 3.50. The molecule has 0 aromatic carbocycles. The van der Waals surface area contributed by atoms with Crippen LogP contribution in [0.3, 0.4) is 0 Å². The van der Waals surface area contributed by atoms with Crippen LogP contribution in [0.15, 0.2) is 6.20 Å². The largest absolute Gasteiger partial charge is 0.314 e. The Labute approximate surface area is 126 Å². The Morgan fingerprint density at radius 1 is 1.37 bits per heavy atom. The number of halogens is 1. The summed E-state index contributed by atoms with van der Waals surface area (Å²) in [4.78, 5) is 8.55. The van der Waals surface area contributed by atoms with Gasteiger partial charge in [-0.2, -0.15) is 0 Å². The summed E-state index contributed by atoms with van der Waals surface area (Å²) in [7, 11) is 0. The van der Waals surface area contributed by atoms with Crippen LogP contribution in [0.2, 0.25) is 0 Å². The number of rotatable bonds is 2. The second kappa shape index (κ2) is 6.53. The van der Waals surface area contributed by atoms with Gasteiger partial charge in [-0.05, 0) is 19.8 Å². The molecule has 2 fully saturated rings. The van der Waals surface area contributed by atoms with E-state index in [9.17, 15) is 0 Å². The van der Waals surface area contributed by atoms with E-state index in [1.807, 2.05) is 11.3 Å². The highest BCUT2D eigenvalue weighted by atomic mass is 35.5. The van der Waals surface area contributed by atoms with Crippen LogP contribution in [0, 0.1) is 6.92 Å². The van der Waals surface area contributed by atoms with Gasteiger partial charge >= 0.3 is 0 Å². The summed E-state index contributed by atoms with van der Waals surface area (Å²) in [6, 6.07) is 0. The number of aryl methyl sites for hydroxylation is 1. The molecule has 3 rings (SSSR count). The Morgan fingerprint density at radius 2 is 2.16 bits per heavy atom. The zero-order valence-electron chi connectivity index (χ0n) is 11.7. The number of aromatic nitrogens is 1. The van der Waals surface area contributed by atoms with E-state index >= 15 is 0 Å². The van der Waals surface area contributed by atoms with Crippen molar-refractivity contribution in [1.82, 2.24) is 15.2 Å². The Kier molecular flexibility index (Phi) is 5.23. The van der Waals surface area contributed by atoms with E-state index in [0.29, 0.717) is 5.54 Å². The minimum atomic E-state index is 0. The zero-order chi connectivity index (χ0) is 12.4. The van der Waals surface area contributed by atoms with Gasteiger partial charge in [-0.15, -0.1) is 23.7 Å². The zero-order valence-corrected chi connectivity index (χ0v) is 13.3. The molecule has 0 amide bonds. The van der Waals surface area contributed by atoms with E-state index in [4.69, 9.17) is 0 Å². The molecule has 1 aromatic heterocycles. The van der Waals surface area contributed by atoms with E-state index in [-0.39, 0.29) is 12.4 Å². The van der Waals surface area contributed by atoms with Gasteiger partial charge < -0.3 is 5.32 Å². The number of nitrogens with one attached hydrogen (secondary N) is 1. The van der Waals surface area contributed by atoms with E-state index in [1.54, 1.807) is 0 Å². The molecular formula is C14H24ClN3S. The van der Waals surface area contributed by atoms with Crippen LogP contribution < -0.4 is 5.32 Å². The predicted molar refractivity (Wildman–Crippen MR) is 83.2 cm³/mol. The molecule has 108 valence electrons. The Morgan fingerprint density at radius 3 is 2.84 bits per heavy atom. The summed E-state index contributed by atoms with van der Waals surface area (Å²) < 4.78 is 0. The molecule has 19 heavy (non-hydrogen) atoms. The lowest BCUT2D eigenvalue weighted by Gasteiger charge is -2.49. The fraction of sp³-hybridized carbons (Fsp3) is 0.786. The van der Waals surface area contributed by atoms with Crippen molar-refractivity contribution in [3.05, 3.63) is 16.1 Å². The molecule has 2 aliphatic rings. The van der Waals surface area contributed by atoms with Gasteiger partial charge in [0.2, 0.25) is 0 Å². The summed E-state index contributed by atoms with van der Waals surface area (Å²) in [5.41, 5.74) is 0.439. The molecule has 1 N–H and O–H groups in total. The molecule has 1 spiro atoms. The lowest BCUT2D eigenvalue weighted by molar-refractivity contribution is 0.0216. The van der Waals surface area contributed by atoms with Gasteiger partial charge in [0.1, 0.15) is 0 Å². The first kappa shape index (κ1) is 15.2. The molecule has 5 heteroatoms. The van der Waals surface area contributed by atoms with E-state index in [2.05, 4.69) is 28.3 Å². The number of thiazole rings is 1. The first-order valence-electron chi connectivity index (χ1n) is 7.16. The molecule has 1 aliphatic carbocycles. The number of hydrogen-bond acceptors (Lipinski definition) is 4. The molecule has 1 saturated carbocycles. The van der Waals surface area contributed by atoms with Crippen LogP contribution >= 0.6 is 23.7 Å². The molecule has 0 radical (unpaired) electrons. The maximum Gasteiger partial charge on any atom is 0.0897 e. The van der Waals surface area contributed by atoms with Crippen molar-refractivity contribution >= 4 is 23.7 Å². The SMILES string of the molecule is Cc1ncc(CN2CCNCC23CCCCC3)s1.Cl. The van der Waals surface area contributed by atoms with Crippen molar-refractivity contribution in [2.45, 2.75) is 51.1 Å². The maximum atomic E-state index is 4.39. The Hall–Kier alpha value is -0.160. The average Bonchev–Trinajstić information content (AvgIpc) is 2.79. The quantitative estimate of drug-likeness (QED) is 0.910. The lowest BCUT2D eigenvalue weighted by Crippen LogP contribution is -2.61. The van der Waals surface area contributed by atoms with Gasteiger partial charge in [-0.25, -0.2) is 4.98 Å². The molecule has 0 bridgehead atoms. The Balaban J connectivity index is 0.00000133. The first-order valence-corrected chi connectivity index (χ1v) is 7.97. The van der Waals surface area contributed by atoms with Crippen molar-refractivity contribution in [1.29, 1.82) is 0 Å². The summed E-state index contributed by atoms with van der Waals surface area (Å²) in [6.07, 6.45) is 9.04. The molecule has 1 aromatic rings. The summed E-state index contributed by atoms with van der Waals surface area (Å²) in [5, 5.41) is 4.80. The minimum Gasteiger partial charge on any atom is -0.314 e. The van der Waals surface area contributed by atoms with Gasteiger partial charge in [0.25, 0.3) is 0 Å². The van der Waals surface area contributed by atoms with Gasteiger partial charge in [0.15, 0.2) is 0 Å². The second-order valence-electron chi connectivity index (χ2n) is 5.73. The lowest BCUT2D eigenvalue weighted by atomic mass is 9.79. The first-order chi connectivity index (χ1) is 8.78. The van der Waals surface area contributed by atoms with Gasteiger partial charge in [0.05, 0.1) is 5.01 Å². The summed E-state index contributed by atoms with van der Waals surface area (Å²) >= 11 is 1.86. The van der Waals surface area contributed by atoms with E-state index in [1.165, 1.54) is 55.1 Å². The molecule has 1 saturated heterocycles. The highest BCUT2D eigenvalue weighted by molar-refractivity contribution is 7.11. The molecule has 2 heterocycles. The molecule has 3 nitrogen and oxygen atoms in total. The fourth-order valence-corrected chi connectivity index (χ4v) is 4.31. The third-order valence-corrected chi connectivity index (χ3v) is 5.38. The molecule has 0 unspecified atom stereocenters. The normalized spacial score (nSPS) is 23.2. The summed E-state index contributed by atoms with van der Waals surface area (Å²) in [5.74, 6) is 0. The van der Waals surface area contributed by atoms with E-state index < -0.39 is 0 Å². The standard InChI is InChI=1S/C14H23N3S.ClH/c1-12-16-9-13(18-12)10-17-8-7-15-11-14(17)5-3-2-4-6-14;/h9,15H,2-8,10-11H2,1H3;1H. The molecular weight excluding hydrogens is 278 g/mol. The van der Waals surface area contributed by atoms with E-state index in [0.717, 1.165) is 13.1 Å². The average molecular weight is 302 g/mol. The maximum absolute atomic E-state index is 4.39. The smallest absolute Gasteiger partial charge is 0.0897 e. The third kappa shape index (κ3) is 3.30. The van der Waals surface area contributed by atoms with Gasteiger partial charge in [-0.3, -0.25) is 4.90 Å². The topological polar surface area (TPSA) is 28.2 Å². The van der Waals surface area contributed by atoms with Crippen molar-refractivity contribution in [2.24, 2.45) is 0 Å². The van der Waals surface area contributed by atoms with Gasteiger partial charge in [-0.1, -0.05) is 19.3 Å². The predicted octanol–water partition coefficient (Wildman–Crippen LogP) is 2.98. The van der Waals surface area contributed by atoms with Crippen molar-refractivity contribution in [2.75, 3.05) is 19.6 Å². The van der Waals surface area contributed by atoms with Crippen LogP contribution in [0.25, 0.3) is 0 Å². The number of nitrogens with zero attached hydrogens (tertiary/aromatic N) is 2. The molecule has 1 aliphatic heterocycles. The van der Waals surface area contributed by atoms with Gasteiger partial charge in [0, 0.05) is 42.8 Å². The van der Waals surface area contributed by atoms with Crippen LogP contribution in [-0.4, -0.2) is 35.1 Å². The van der Waals surface area contributed by atoms with Crippen molar-refractivity contribution < 1.29 is 0 Å². The van der Waals surface area contributed by atoms with Crippen LogP contribution in [0.5, 0.6) is 0 Å². The van der Waals surface area contributed by atoms with Crippen LogP contribution in [0.1, 0.15) is 42.0 Å². The minimum absolute atomic E-state index is 0. The number of piperazine rings is 1. The molecule has 0 atom stereocenters. The summed E-state index contributed by atoms with van der Waals surface area (Å²) in [6.45, 7) is 6.72. The second-order valence-corrected chi connectivity index (χ2v) is 7.05. The highest BCUT2D eigenvalue weighted by Crippen LogP contribution is 2.35. The third-order valence-electron chi connectivity index (χ3n) is 4.48. The van der Waals surface area contributed by atoms with Crippen molar-refractivity contribution in [3.8, 4) is 0 Å². The monoisotopic (exact) mass is 301 g/mol. The van der Waals surface area contributed by atoms with Crippen LogP contribution in [0.4, 0.5) is 0 Å². The van der Waals surface area contributed by atoms with Crippen molar-refractivity contribution in [3.63, 3.8) is 0 Å². The Bertz CT molecular complexity index is 393. The highest BCUT2D eigenvalue weighted by Gasteiger charge is 2.39. The number of hydrogen-bond donors (Lipinski definition) is 1. The van der Waals surface area contributed by atoms with Crippen LogP contribution in [-0.2, 0) is 6.54 Å².